The zero-order valence-corrected chi connectivity index (χ0v) is 17.6. The Morgan fingerprint density at radius 1 is 0.935 bits per heavy atom. The maximum Gasteiger partial charge on any atom is 0.270 e. The third-order valence-corrected chi connectivity index (χ3v) is 6.35. The van der Waals surface area contributed by atoms with Crippen LogP contribution in [0.2, 0.25) is 5.02 Å². The summed E-state index contributed by atoms with van der Waals surface area (Å²) in [5.41, 5.74) is 5.94. The van der Waals surface area contributed by atoms with Gasteiger partial charge in [-0.2, -0.15) is 5.10 Å². The SMILES string of the molecule is O=[N+]([O-])c1ccc(Cl)c(/C=N/N2CCN(C3c4ccccc4-c4ccccc43)CC2)c1. The van der Waals surface area contributed by atoms with Crippen molar-refractivity contribution in [2.24, 2.45) is 5.10 Å². The smallest absolute Gasteiger partial charge is 0.270 e. The van der Waals surface area contributed by atoms with Crippen molar-refractivity contribution >= 4 is 23.5 Å². The van der Waals surface area contributed by atoms with Crippen molar-refractivity contribution < 1.29 is 4.92 Å². The van der Waals surface area contributed by atoms with Gasteiger partial charge in [-0.25, -0.2) is 0 Å². The van der Waals surface area contributed by atoms with E-state index in [1.807, 2.05) is 5.01 Å². The largest absolute Gasteiger partial charge is 0.294 e. The molecule has 5 rings (SSSR count). The predicted octanol–water partition coefficient (Wildman–Crippen LogP) is 4.97. The molecule has 2 aliphatic rings. The van der Waals surface area contributed by atoms with E-state index in [4.69, 9.17) is 11.6 Å². The molecule has 1 fully saturated rings. The summed E-state index contributed by atoms with van der Waals surface area (Å²) >= 11 is 6.18. The van der Waals surface area contributed by atoms with Crippen LogP contribution in [0.5, 0.6) is 0 Å². The fourth-order valence-corrected chi connectivity index (χ4v) is 4.66. The first-order valence-electron chi connectivity index (χ1n) is 10.3. The lowest BCUT2D eigenvalue weighted by molar-refractivity contribution is -0.384. The van der Waals surface area contributed by atoms with Gasteiger partial charge in [-0.3, -0.25) is 20.0 Å². The quantitative estimate of drug-likeness (QED) is 0.332. The molecule has 3 aromatic rings. The van der Waals surface area contributed by atoms with Crippen LogP contribution in [0.15, 0.2) is 71.8 Å². The van der Waals surface area contributed by atoms with Crippen molar-refractivity contribution in [1.82, 2.24) is 9.91 Å². The Kier molecular flexibility index (Phi) is 5.18. The van der Waals surface area contributed by atoms with Gasteiger partial charge in [0.15, 0.2) is 0 Å². The molecule has 156 valence electrons. The Morgan fingerprint density at radius 3 is 2.16 bits per heavy atom. The van der Waals surface area contributed by atoms with E-state index in [1.54, 1.807) is 6.21 Å². The lowest BCUT2D eigenvalue weighted by atomic mass is 10.0. The summed E-state index contributed by atoms with van der Waals surface area (Å²) in [6, 6.07) is 22.0. The predicted molar refractivity (Wildman–Crippen MR) is 123 cm³/mol. The summed E-state index contributed by atoms with van der Waals surface area (Å²) in [6.07, 6.45) is 1.62. The summed E-state index contributed by atoms with van der Waals surface area (Å²) < 4.78 is 0. The van der Waals surface area contributed by atoms with Gasteiger partial charge in [-0.1, -0.05) is 60.1 Å². The minimum atomic E-state index is -0.427. The van der Waals surface area contributed by atoms with E-state index in [0.717, 1.165) is 26.2 Å². The second-order valence-corrected chi connectivity index (χ2v) is 8.18. The fraction of sp³-hybridized carbons (Fsp3) is 0.208. The highest BCUT2D eigenvalue weighted by Gasteiger charge is 2.33. The van der Waals surface area contributed by atoms with Gasteiger partial charge in [0.2, 0.25) is 0 Å². The summed E-state index contributed by atoms with van der Waals surface area (Å²) in [7, 11) is 0. The van der Waals surface area contributed by atoms with Gasteiger partial charge in [0.1, 0.15) is 0 Å². The molecule has 1 saturated heterocycles. The van der Waals surface area contributed by atoms with E-state index in [0.29, 0.717) is 10.6 Å². The van der Waals surface area contributed by atoms with Gasteiger partial charge >= 0.3 is 0 Å². The van der Waals surface area contributed by atoms with Crippen molar-refractivity contribution in [1.29, 1.82) is 0 Å². The van der Waals surface area contributed by atoms with E-state index >= 15 is 0 Å². The summed E-state index contributed by atoms with van der Waals surface area (Å²) in [5.74, 6) is 0. The van der Waals surface area contributed by atoms with Crippen LogP contribution in [-0.2, 0) is 0 Å². The number of nitrogens with zero attached hydrogens (tertiary/aromatic N) is 4. The monoisotopic (exact) mass is 432 g/mol. The van der Waals surface area contributed by atoms with E-state index in [1.165, 1.54) is 40.5 Å². The molecule has 0 aromatic heterocycles. The molecule has 0 radical (unpaired) electrons. The molecule has 3 aromatic carbocycles. The standard InChI is InChI=1S/C24H21ClN4O2/c25-23-10-9-18(29(30)31)15-17(23)16-26-28-13-11-27(12-14-28)24-21-7-3-1-5-19(21)20-6-2-4-8-22(20)24/h1-10,15-16,24H,11-14H2/b26-16+. The maximum atomic E-state index is 11.0. The molecule has 0 atom stereocenters. The molecule has 0 saturated carbocycles. The minimum absolute atomic E-state index is 0.00855. The first kappa shape index (κ1) is 19.7. The third-order valence-electron chi connectivity index (χ3n) is 6.01. The molecule has 0 amide bonds. The minimum Gasteiger partial charge on any atom is -0.294 e. The molecule has 7 heteroatoms. The number of halogens is 1. The van der Waals surface area contributed by atoms with Crippen LogP contribution in [0.4, 0.5) is 5.69 Å². The van der Waals surface area contributed by atoms with Gasteiger partial charge in [0, 0.05) is 48.9 Å². The van der Waals surface area contributed by atoms with Crippen LogP contribution in [0, 0.1) is 10.1 Å². The topological polar surface area (TPSA) is 62.0 Å². The summed E-state index contributed by atoms with van der Waals surface area (Å²) in [6.45, 7) is 3.33. The lowest BCUT2D eigenvalue weighted by Gasteiger charge is -2.37. The molecule has 6 nitrogen and oxygen atoms in total. The fourth-order valence-electron chi connectivity index (χ4n) is 4.49. The number of nitro groups is 1. The Morgan fingerprint density at radius 2 is 1.55 bits per heavy atom. The number of piperazine rings is 1. The molecular weight excluding hydrogens is 412 g/mol. The van der Waals surface area contributed by atoms with E-state index in [2.05, 4.69) is 58.5 Å². The van der Waals surface area contributed by atoms with Crippen LogP contribution in [0.1, 0.15) is 22.7 Å². The summed E-state index contributed by atoms with van der Waals surface area (Å²) in [4.78, 5) is 13.1. The van der Waals surface area contributed by atoms with Crippen molar-refractivity contribution in [2.75, 3.05) is 26.2 Å². The Labute approximate surface area is 185 Å². The highest BCUT2D eigenvalue weighted by atomic mass is 35.5. The number of nitro benzene ring substituents is 1. The zero-order chi connectivity index (χ0) is 21.4. The molecule has 1 aliphatic carbocycles. The number of benzene rings is 3. The van der Waals surface area contributed by atoms with Gasteiger partial charge in [-0.15, -0.1) is 0 Å². The van der Waals surface area contributed by atoms with E-state index < -0.39 is 4.92 Å². The average Bonchev–Trinajstić information content (AvgIpc) is 3.13. The van der Waals surface area contributed by atoms with Crippen molar-refractivity contribution in [3.05, 3.63) is 98.6 Å². The molecule has 31 heavy (non-hydrogen) atoms. The van der Waals surface area contributed by atoms with Crippen molar-refractivity contribution in [2.45, 2.75) is 6.04 Å². The van der Waals surface area contributed by atoms with E-state index in [9.17, 15) is 10.1 Å². The number of non-ortho nitro benzene ring substituents is 1. The second-order valence-electron chi connectivity index (χ2n) is 7.77. The molecule has 1 aliphatic heterocycles. The average molecular weight is 433 g/mol. The van der Waals surface area contributed by atoms with Gasteiger partial charge in [0.25, 0.3) is 5.69 Å². The molecule has 0 unspecified atom stereocenters. The van der Waals surface area contributed by atoms with Gasteiger partial charge in [0.05, 0.1) is 17.2 Å². The number of rotatable bonds is 4. The van der Waals surface area contributed by atoms with Crippen LogP contribution in [-0.4, -0.2) is 47.2 Å². The zero-order valence-electron chi connectivity index (χ0n) is 16.8. The third kappa shape index (κ3) is 3.69. The normalized spacial score (nSPS) is 16.5. The number of fused-ring (bicyclic) bond motifs is 3. The van der Waals surface area contributed by atoms with Crippen LogP contribution in [0.3, 0.4) is 0 Å². The van der Waals surface area contributed by atoms with Crippen molar-refractivity contribution in [3.63, 3.8) is 0 Å². The number of hydrogen-bond acceptors (Lipinski definition) is 5. The molecule has 0 bridgehead atoms. The maximum absolute atomic E-state index is 11.0. The number of hydrazone groups is 1. The highest BCUT2D eigenvalue weighted by Crippen LogP contribution is 2.46. The van der Waals surface area contributed by atoms with Gasteiger partial charge in [-0.05, 0) is 28.3 Å². The van der Waals surface area contributed by atoms with E-state index in [-0.39, 0.29) is 11.7 Å². The van der Waals surface area contributed by atoms with Gasteiger partial charge < -0.3 is 0 Å². The highest BCUT2D eigenvalue weighted by molar-refractivity contribution is 6.33. The summed E-state index contributed by atoms with van der Waals surface area (Å²) in [5, 5.41) is 18.0. The number of hydrogen-bond donors (Lipinski definition) is 0. The Hall–Kier alpha value is -3.22. The Balaban J connectivity index is 1.31. The Bertz CT molecular complexity index is 1130. The van der Waals surface area contributed by atoms with Crippen LogP contribution >= 0.6 is 11.6 Å². The molecule has 0 spiro atoms. The van der Waals surface area contributed by atoms with Crippen LogP contribution in [0.25, 0.3) is 11.1 Å². The second kappa shape index (κ2) is 8.13. The van der Waals surface area contributed by atoms with Crippen LogP contribution < -0.4 is 0 Å². The molecule has 0 N–H and O–H groups in total. The first-order valence-corrected chi connectivity index (χ1v) is 10.6. The van der Waals surface area contributed by atoms with Crippen molar-refractivity contribution in [3.8, 4) is 11.1 Å². The lowest BCUT2D eigenvalue weighted by Crippen LogP contribution is -2.45. The molecule has 1 heterocycles. The first-order chi connectivity index (χ1) is 15.1. The molecular formula is C24H21ClN4O2.